The minimum atomic E-state index is -0.0865. The Labute approximate surface area is 143 Å². The van der Waals surface area contributed by atoms with Crippen molar-refractivity contribution in [1.82, 2.24) is 9.55 Å². The average molecular weight is 338 g/mol. The van der Waals surface area contributed by atoms with E-state index < -0.39 is 0 Å². The van der Waals surface area contributed by atoms with E-state index in [2.05, 4.69) is 4.98 Å². The van der Waals surface area contributed by atoms with E-state index in [0.717, 1.165) is 46.2 Å². The molecule has 0 N–H and O–H groups in total. The Morgan fingerprint density at radius 1 is 1.25 bits per heavy atom. The van der Waals surface area contributed by atoms with Crippen molar-refractivity contribution in [2.24, 2.45) is 0 Å². The van der Waals surface area contributed by atoms with Gasteiger partial charge in [-0.1, -0.05) is 12.1 Å². The molecule has 1 aromatic carbocycles. The Bertz CT molecular complexity index is 1030. The summed E-state index contributed by atoms with van der Waals surface area (Å²) in [4.78, 5) is 31.9. The van der Waals surface area contributed by atoms with Gasteiger partial charge in [0.2, 0.25) is 0 Å². The molecule has 1 aliphatic carbocycles. The van der Waals surface area contributed by atoms with Gasteiger partial charge in [-0.3, -0.25) is 14.2 Å². The number of aromatic nitrogens is 2. The summed E-state index contributed by atoms with van der Waals surface area (Å²) in [5.41, 5.74) is 3.94. The molecule has 0 bridgehead atoms. The molecule has 0 radical (unpaired) electrons. The van der Waals surface area contributed by atoms with Crippen LogP contribution in [-0.2, 0) is 19.4 Å². The molecule has 4 nitrogen and oxygen atoms in total. The van der Waals surface area contributed by atoms with Gasteiger partial charge in [0.15, 0.2) is 5.78 Å². The van der Waals surface area contributed by atoms with Crippen LogP contribution in [0.2, 0.25) is 0 Å². The van der Waals surface area contributed by atoms with Gasteiger partial charge in [-0.05, 0) is 55.9 Å². The third-order valence-electron chi connectivity index (χ3n) is 4.83. The summed E-state index contributed by atoms with van der Waals surface area (Å²) < 4.78 is 1.45. The van der Waals surface area contributed by atoms with E-state index in [-0.39, 0.29) is 17.9 Å². The molecule has 0 amide bonds. The first kappa shape index (κ1) is 15.3. The van der Waals surface area contributed by atoms with Gasteiger partial charge in [0.1, 0.15) is 4.83 Å². The van der Waals surface area contributed by atoms with Gasteiger partial charge in [-0.25, -0.2) is 4.98 Å². The molecule has 4 rings (SSSR count). The van der Waals surface area contributed by atoms with Crippen molar-refractivity contribution < 1.29 is 4.79 Å². The zero-order valence-corrected chi connectivity index (χ0v) is 14.6. The topological polar surface area (TPSA) is 52.0 Å². The molecule has 2 aromatic heterocycles. The third kappa shape index (κ3) is 2.40. The number of carbonyl (C=O) groups excluding carboxylic acids is 1. The van der Waals surface area contributed by atoms with Crippen molar-refractivity contribution in [3.8, 4) is 0 Å². The Balaban J connectivity index is 1.72. The molecule has 3 aromatic rings. The Hall–Kier alpha value is -2.27. The number of hydrogen-bond acceptors (Lipinski definition) is 4. The summed E-state index contributed by atoms with van der Waals surface area (Å²) >= 11 is 1.62. The van der Waals surface area contributed by atoms with Crippen LogP contribution in [0.25, 0.3) is 10.2 Å². The quantitative estimate of drug-likeness (QED) is 0.687. The Morgan fingerprint density at radius 3 is 2.88 bits per heavy atom. The molecular formula is C19H18N2O2S. The smallest absolute Gasteiger partial charge is 0.262 e. The monoisotopic (exact) mass is 338 g/mol. The van der Waals surface area contributed by atoms with Crippen LogP contribution in [0.5, 0.6) is 0 Å². The maximum Gasteiger partial charge on any atom is 0.262 e. The van der Waals surface area contributed by atoms with Crippen LogP contribution in [0.4, 0.5) is 0 Å². The van der Waals surface area contributed by atoms with Crippen molar-refractivity contribution in [2.45, 2.75) is 39.7 Å². The molecule has 0 saturated heterocycles. The number of benzene rings is 1. The highest BCUT2D eigenvalue weighted by Crippen LogP contribution is 2.34. The maximum atomic E-state index is 12.8. The lowest BCUT2D eigenvalue weighted by atomic mass is 10.0. The summed E-state index contributed by atoms with van der Waals surface area (Å²) in [7, 11) is 0. The first-order chi connectivity index (χ1) is 11.5. The SMILES string of the molecule is Cc1ccc(C(=O)Cn2cnc3sc4c(c3c2=O)CCC4)cc1C. The molecule has 122 valence electrons. The minimum absolute atomic E-state index is 0.0366. The molecular weight excluding hydrogens is 320 g/mol. The molecule has 0 aliphatic heterocycles. The number of hydrogen-bond donors (Lipinski definition) is 0. The normalized spacial score (nSPS) is 13.4. The fourth-order valence-electron chi connectivity index (χ4n) is 3.29. The van der Waals surface area contributed by atoms with E-state index in [9.17, 15) is 9.59 Å². The van der Waals surface area contributed by atoms with Crippen molar-refractivity contribution in [1.29, 1.82) is 0 Å². The summed E-state index contributed by atoms with van der Waals surface area (Å²) in [6.45, 7) is 4.04. The third-order valence-corrected chi connectivity index (χ3v) is 6.03. The van der Waals surface area contributed by atoms with E-state index in [4.69, 9.17) is 0 Å². The lowest BCUT2D eigenvalue weighted by molar-refractivity contribution is 0.0970. The highest BCUT2D eigenvalue weighted by molar-refractivity contribution is 7.18. The van der Waals surface area contributed by atoms with Crippen molar-refractivity contribution in [2.75, 3.05) is 0 Å². The van der Waals surface area contributed by atoms with E-state index in [1.54, 1.807) is 11.3 Å². The van der Waals surface area contributed by atoms with Crippen LogP contribution in [0.3, 0.4) is 0 Å². The average Bonchev–Trinajstić information content (AvgIpc) is 3.13. The summed E-state index contributed by atoms with van der Waals surface area (Å²) in [5, 5.41) is 0.725. The number of nitrogens with zero attached hydrogens (tertiary/aromatic N) is 2. The second kappa shape index (κ2) is 5.67. The van der Waals surface area contributed by atoms with Crippen LogP contribution in [0.15, 0.2) is 29.3 Å². The lowest BCUT2D eigenvalue weighted by Gasteiger charge is -2.07. The highest BCUT2D eigenvalue weighted by Gasteiger charge is 2.21. The summed E-state index contributed by atoms with van der Waals surface area (Å²) in [6.07, 6.45) is 4.60. The first-order valence-corrected chi connectivity index (χ1v) is 8.96. The van der Waals surface area contributed by atoms with E-state index >= 15 is 0 Å². The molecule has 1 aliphatic rings. The van der Waals surface area contributed by atoms with Gasteiger partial charge in [0, 0.05) is 10.4 Å². The highest BCUT2D eigenvalue weighted by atomic mass is 32.1. The Kier molecular flexibility index (Phi) is 3.61. The zero-order chi connectivity index (χ0) is 16.8. The molecule has 0 unspecified atom stereocenters. The van der Waals surface area contributed by atoms with Crippen molar-refractivity contribution in [3.05, 3.63) is 62.0 Å². The van der Waals surface area contributed by atoms with Crippen molar-refractivity contribution in [3.63, 3.8) is 0 Å². The van der Waals surface area contributed by atoms with E-state index in [0.29, 0.717) is 5.56 Å². The lowest BCUT2D eigenvalue weighted by Crippen LogP contribution is -2.24. The number of thiophene rings is 1. The molecule has 0 spiro atoms. The molecule has 2 heterocycles. The predicted molar refractivity (Wildman–Crippen MR) is 96.2 cm³/mol. The van der Waals surface area contributed by atoms with Crippen LogP contribution in [0.1, 0.15) is 38.3 Å². The van der Waals surface area contributed by atoms with E-state index in [1.807, 2.05) is 32.0 Å². The maximum absolute atomic E-state index is 12.8. The van der Waals surface area contributed by atoms with Crippen LogP contribution in [0, 0.1) is 13.8 Å². The summed E-state index contributed by atoms with van der Waals surface area (Å²) in [6, 6.07) is 5.65. The predicted octanol–water partition coefficient (Wildman–Crippen LogP) is 3.45. The molecule has 0 atom stereocenters. The standard InChI is InChI=1S/C19H18N2O2S/c1-11-6-7-13(8-12(11)2)15(22)9-21-10-20-18-17(19(21)23)14-4-3-5-16(14)24-18/h6-8,10H,3-5,9H2,1-2H3. The van der Waals surface area contributed by atoms with Crippen LogP contribution in [-0.4, -0.2) is 15.3 Å². The van der Waals surface area contributed by atoms with E-state index in [1.165, 1.54) is 15.8 Å². The van der Waals surface area contributed by atoms with Gasteiger partial charge in [-0.2, -0.15) is 0 Å². The molecule has 24 heavy (non-hydrogen) atoms. The van der Waals surface area contributed by atoms with Gasteiger partial charge in [-0.15, -0.1) is 11.3 Å². The minimum Gasteiger partial charge on any atom is -0.292 e. The second-order valence-electron chi connectivity index (χ2n) is 6.44. The van der Waals surface area contributed by atoms with Gasteiger partial charge in [0.05, 0.1) is 18.3 Å². The van der Waals surface area contributed by atoms with Gasteiger partial charge >= 0.3 is 0 Å². The number of ketones is 1. The molecule has 0 saturated carbocycles. The molecule has 0 fully saturated rings. The fourth-order valence-corrected chi connectivity index (χ4v) is 4.51. The zero-order valence-electron chi connectivity index (χ0n) is 13.8. The van der Waals surface area contributed by atoms with Gasteiger partial charge < -0.3 is 0 Å². The fraction of sp³-hybridized carbons (Fsp3) is 0.316. The molecule has 5 heteroatoms. The first-order valence-electron chi connectivity index (χ1n) is 8.15. The largest absolute Gasteiger partial charge is 0.292 e. The number of fused-ring (bicyclic) bond motifs is 3. The van der Waals surface area contributed by atoms with Crippen molar-refractivity contribution >= 4 is 27.3 Å². The summed E-state index contributed by atoms with van der Waals surface area (Å²) in [5.74, 6) is -0.0618. The number of carbonyl (C=O) groups is 1. The van der Waals surface area contributed by atoms with Crippen LogP contribution >= 0.6 is 11.3 Å². The number of Topliss-reactive ketones (excluding diaryl/α,β-unsaturated/α-hetero) is 1. The van der Waals surface area contributed by atoms with Crippen LogP contribution < -0.4 is 5.56 Å². The van der Waals surface area contributed by atoms with Gasteiger partial charge in [0.25, 0.3) is 5.56 Å². The second-order valence-corrected chi connectivity index (χ2v) is 7.52. The number of aryl methyl sites for hydroxylation is 4. The number of rotatable bonds is 3. The Morgan fingerprint density at radius 2 is 2.08 bits per heavy atom.